The third-order valence-electron chi connectivity index (χ3n) is 5.72. The summed E-state index contributed by atoms with van der Waals surface area (Å²) in [4.78, 5) is 18.3. The molecule has 1 heterocycles. The van der Waals surface area contributed by atoms with Crippen LogP contribution < -0.4 is 5.56 Å². The van der Waals surface area contributed by atoms with Crippen LogP contribution in [0.5, 0.6) is 0 Å². The van der Waals surface area contributed by atoms with Crippen molar-refractivity contribution in [2.75, 3.05) is 5.75 Å². The summed E-state index contributed by atoms with van der Waals surface area (Å²) in [6, 6.07) is 8.49. The first-order valence-corrected chi connectivity index (χ1v) is 10.1. The molecule has 2 aliphatic rings. The molecule has 0 radical (unpaired) electrons. The molecule has 130 valence electrons. The number of benzene rings is 1. The number of fused-ring (bicyclic) bond motifs is 4. The van der Waals surface area contributed by atoms with Crippen LogP contribution in [-0.4, -0.2) is 15.3 Å². The average molecular weight is 353 g/mol. The molecule has 0 amide bonds. The van der Waals surface area contributed by atoms with Crippen LogP contribution in [-0.2, 0) is 18.9 Å². The minimum absolute atomic E-state index is 0.0224. The molecule has 0 bridgehead atoms. The molecule has 2 aliphatic carbocycles. The van der Waals surface area contributed by atoms with Gasteiger partial charge >= 0.3 is 0 Å². The van der Waals surface area contributed by atoms with Gasteiger partial charge in [-0.15, -0.1) is 6.58 Å². The maximum absolute atomic E-state index is 13.4. The summed E-state index contributed by atoms with van der Waals surface area (Å²) >= 11 is 1.58. The molecule has 1 aromatic heterocycles. The Hall–Kier alpha value is -1.81. The van der Waals surface area contributed by atoms with Crippen LogP contribution in [0.25, 0.3) is 11.3 Å². The minimum atomic E-state index is -0.0224. The molecule has 4 rings (SSSR count). The third-order valence-corrected chi connectivity index (χ3v) is 6.75. The van der Waals surface area contributed by atoms with Crippen molar-refractivity contribution in [3.63, 3.8) is 0 Å². The zero-order valence-electron chi connectivity index (χ0n) is 14.8. The topological polar surface area (TPSA) is 34.9 Å². The van der Waals surface area contributed by atoms with Gasteiger partial charge in [0.1, 0.15) is 0 Å². The molecule has 0 aliphatic heterocycles. The zero-order chi connectivity index (χ0) is 17.4. The van der Waals surface area contributed by atoms with Crippen LogP contribution in [0.15, 0.2) is 46.9 Å². The Morgan fingerprint density at radius 2 is 2.04 bits per heavy atom. The van der Waals surface area contributed by atoms with Gasteiger partial charge in [-0.2, -0.15) is 0 Å². The number of hydrogen-bond donors (Lipinski definition) is 0. The lowest BCUT2D eigenvalue weighted by atomic mass is 9.62. The fraction of sp³-hybridized carbons (Fsp3) is 0.429. The van der Waals surface area contributed by atoms with Crippen LogP contribution in [0, 0.1) is 0 Å². The minimum Gasteiger partial charge on any atom is -0.290 e. The first-order chi connectivity index (χ1) is 12.2. The van der Waals surface area contributed by atoms with Gasteiger partial charge < -0.3 is 0 Å². The number of thioether (sulfide) groups is 1. The highest BCUT2D eigenvalue weighted by molar-refractivity contribution is 7.99. The largest absolute Gasteiger partial charge is 0.290 e. The van der Waals surface area contributed by atoms with Crippen molar-refractivity contribution in [3.05, 3.63) is 58.4 Å². The lowest BCUT2D eigenvalue weighted by Gasteiger charge is -2.42. The second kappa shape index (κ2) is 6.49. The lowest BCUT2D eigenvalue weighted by molar-refractivity contribution is 0.283. The standard InChI is InChI=1S/C21H24N2OS/c1-3-13-25-20-22-18-16-10-6-5-9-15(16)14-21(11-7-4-8-12-21)17(18)19(24)23(20)2/h3,5-6,9-10H,1,4,7-8,11-14H2,2H3. The maximum atomic E-state index is 13.4. The fourth-order valence-corrected chi connectivity index (χ4v) is 5.23. The van der Waals surface area contributed by atoms with Crippen molar-refractivity contribution < 1.29 is 0 Å². The quantitative estimate of drug-likeness (QED) is 0.464. The molecule has 0 atom stereocenters. The van der Waals surface area contributed by atoms with Crippen LogP contribution in [0.1, 0.15) is 43.2 Å². The Balaban J connectivity index is 1.98. The van der Waals surface area contributed by atoms with E-state index >= 15 is 0 Å². The molecular weight excluding hydrogens is 328 g/mol. The number of rotatable bonds is 3. The van der Waals surface area contributed by atoms with Gasteiger partial charge in [-0.3, -0.25) is 9.36 Å². The van der Waals surface area contributed by atoms with Crippen LogP contribution in [0.2, 0.25) is 0 Å². The summed E-state index contributed by atoms with van der Waals surface area (Å²) in [6.45, 7) is 3.78. The Kier molecular flexibility index (Phi) is 4.32. The van der Waals surface area contributed by atoms with Crippen LogP contribution >= 0.6 is 11.8 Å². The highest BCUT2D eigenvalue weighted by Crippen LogP contribution is 2.48. The normalized spacial score (nSPS) is 17.8. The molecule has 25 heavy (non-hydrogen) atoms. The van der Waals surface area contributed by atoms with Gasteiger partial charge in [0.05, 0.1) is 11.3 Å². The molecule has 1 fully saturated rings. The summed E-state index contributed by atoms with van der Waals surface area (Å²) in [5, 5.41) is 0.784. The molecule has 1 spiro atoms. The Labute approximate surface area is 153 Å². The molecule has 4 heteroatoms. The van der Waals surface area contributed by atoms with Gasteiger partial charge in [-0.25, -0.2) is 4.98 Å². The van der Waals surface area contributed by atoms with Gasteiger partial charge in [0.15, 0.2) is 5.16 Å². The SMILES string of the molecule is C=CCSc1nc2c(c(=O)n1C)C1(CCCCC1)Cc1ccccc1-2. The van der Waals surface area contributed by atoms with Crippen molar-refractivity contribution in [3.8, 4) is 11.3 Å². The van der Waals surface area contributed by atoms with E-state index in [0.717, 1.165) is 47.0 Å². The highest BCUT2D eigenvalue weighted by Gasteiger charge is 2.43. The number of aromatic nitrogens is 2. The second-order valence-corrected chi connectivity index (χ2v) is 8.24. The summed E-state index contributed by atoms with van der Waals surface area (Å²) in [5.41, 5.74) is 4.51. The van der Waals surface area contributed by atoms with E-state index in [1.807, 2.05) is 13.1 Å². The predicted octanol–water partition coefficient (Wildman–Crippen LogP) is 4.48. The van der Waals surface area contributed by atoms with E-state index < -0.39 is 0 Å². The second-order valence-electron chi connectivity index (χ2n) is 7.26. The van der Waals surface area contributed by atoms with Gasteiger partial charge in [0.2, 0.25) is 0 Å². The Morgan fingerprint density at radius 1 is 1.28 bits per heavy atom. The van der Waals surface area contributed by atoms with E-state index in [0.29, 0.717) is 0 Å². The monoisotopic (exact) mass is 352 g/mol. The molecule has 1 saturated carbocycles. The lowest BCUT2D eigenvalue weighted by Crippen LogP contribution is -2.42. The summed E-state index contributed by atoms with van der Waals surface area (Å²) in [5.74, 6) is 0.756. The van der Waals surface area contributed by atoms with Crippen LogP contribution in [0.3, 0.4) is 0 Å². The predicted molar refractivity (Wildman–Crippen MR) is 104 cm³/mol. The molecule has 3 nitrogen and oxygen atoms in total. The van der Waals surface area contributed by atoms with Crippen molar-refractivity contribution >= 4 is 11.8 Å². The molecule has 0 N–H and O–H groups in total. The maximum Gasteiger partial charge on any atom is 0.258 e. The Morgan fingerprint density at radius 3 is 2.80 bits per heavy atom. The van der Waals surface area contributed by atoms with E-state index in [9.17, 15) is 4.79 Å². The third kappa shape index (κ3) is 2.67. The van der Waals surface area contributed by atoms with Crippen molar-refractivity contribution in [2.45, 2.75) is 49.1 Å². The zero-order valence-corrected chi connectivity index (χ0v) is 15.6. The van der Waals surface area contributed by atoms with Crippen molar-refractivity contribution in [2.24, 2.45) is 7.05 Å². The van der Waals surface area contributed by atoms with Gasteiger partial charge in [0.25, 0.3) is 5.56 Å². The van der Waals surface area contributed by atoms with Gasteiger partial charge in [0, 0.05) is 23.8 Å². The van der Waals surface area contributed by atoms with Crippen molar-refractivity contribution in [1.29, 1.82) is 0 Å². The molecule has 0 unspecified atom stereocenters. The average Bonchev–Trinajstić information content (AvgIpc) is 2.64. The molecule has 0 saturated heterocycles. The fourth-order valence-electron chi connectivity index (χ4n) is 4.53. The first kappa shape index (κ1) is 16.6. The number of nitrogens with zero attached hydrogens (tertiary/aromatic N) is 2. The molecular formula is C21H24N2OS. The van der Waals surface area contributed by atoms with Crippen LogP contribution in [0.4, 0.5) is 0 Å². The van der Waals surface area contributed by atoms with Crippen molar-refractivity contribution in [1.82, 2.24) is 9.55 Å². The summed E-state index contributed by atoms with van der Waals surface area (Å²) < 4.78 is 1.75. The highest BCUT2D eigenvalue weighted by atomic mass is 32.2. The van der Waals surface area contributed by atoms with E-state index in [1.165, 1.54) is 24.8 Å². The van der Waals surface area contributed by atoms with Gasteiger partial charge in [-0.05, 0) is 24.8 Å². The molecule has 1 aromatic carbocycles. The summed E-state index contributed by atoms with van der Waals surface area (Å²) in [7, 11) is 1.86. The number of hydrogen-bond acceptors (Lipinski definition) is 3. The van der Waals surface area contributed by atoms with Gasteiger partial charge in [-0.1, -0.05) is 61.4 Å². The summed E-state index contributed by atoms with van der Waals surface area (Å²) in [6.07, 6.45) is 8.73. The smallest absolute Gasteiger partial charge is 0.258 e. The van der Waals surface area contributed by atoms with E-state index in [-0.39, 0.29) is 11.0 Å². The van der Waals surface area contributed by atoms with E-state index in [4.69, 9.17) is 4.98 Å². The Bertz CT molecular complexity index is 878. The molecule has 2 aromatic rings. The first-order valence-electron chi connectivity index (χ1n) is 9.10. The van der Waals surface area contributed by atoms with E-state index in [2.05, 4.69) is 30.8 Å². The van der Waals surface area contributed by atoms with E-state index in [1.54, 1.807) is 16.3 Å².